The van der Waals surface area contributed by atoms with Gasteiger partial charge in [-0.25, -0.2) is 4.98 Å². The third-order valence-electron chi connectivity index (χ3n) is 4.00. The Hall–Kier alpha value is -3.46. The second kappa shape index (κ2) is 6.93. The molecule has 28 heavy (non-hydrogen) atoms. The summed E-state index contributed by atoms with van der Waals surface area (Å²) in [5.74, 6) is 0.220. The first-order valence-corrected chi connectivity index (χ1v) is 9.74. The van der Waals surface area contributed by atoms with Crippen molar-refractivity contribution < 1.29 is 17.5 Å². The maximum absolute atomic E-state index is 13.3. The fourth-order valence-electron chi connectivity index (χ4n) is 2.69. The van der Waals surface area contributed by atoms with E-state index in [1.165, 1.54) is 24.3 Å². The topological polar surface area (TPSA) is 92.7 Å². The third-order valence-corrected chi connectivity index (χ3v) is 5.31. The summed E-state index contributed by atoms with van der Waals surface area (Å²) in [5, 5.41) is 5.57. The molecule has 0 fully saturated rings. The van der Waals surface area contributed by atoms with E-state index in [2.05, 4.69) is 20.0 Å². The van der Waals surface area contributed by atoms with Crippen LogP contribution in [0.15, 0.2) is 70.0 Å². The van der Waals surface area contributed by atoms with E-state index in [9.17, 15) is 12.8 Å². The Morgan fingerprint density at radius 3 is 2.54 bits per heavy atom. The number of sulfonamides is 1. The van der Waals surface area contributed by atoms with Crippen LogP contribution in [-0.2, 0) is 10.0 Å². The molecule has 0 spiro atoms. The number of aromatic nitrogens is 1. The molecule has 142 valence electrons. The lowest BCUT2D eigenvalue weighted by atomic mass is 10.2. The number of ether oxygens (including phenoxy) is 1. The number of fused-ring (bicyclic) bond motifs is 1. The van der Waals surface area contributed by atoms with Crippen LogP contribution in [0.1, 0.15) is 5.56 Å². The number of para-hydroxylation sites is 2. The van der Waals surface area contributed by atoms with E-state index in [0.717, 1.165) is 5.56 Å². The summed E-state index contributed by atoms with van der Waals surface area (Å²) in [6, 6.07) is 16.2. The van der Waals surface area contributed by atoms with Crippen molar-refractivity contribution >= 4 is 27.5 Å². The number of guanidine groups is 1. The van der Waals surface area contributed by atoms with E-state index in [1.54, 1.807) is 18.2 Å². The summed E-state index contributed by atoms with van der Waals surface area (Å²) >= 11 is 0. The Bertz CT molecular complexity index is 1200. The molecule has 2 aromatic carbocycles. The van der Waals surface area contributed by atoms with Gasteiger partial charge in [-0.15, -0.1) is 4.40 Å². The molecule has 0 aliphatic carbocycles. The standard InChI is InChI=1S/C19H15FN4O3S/c1-12-6-2-3-7-13(12)27-14-8-4-9-15-18(14)23-19(24-28(15,25)26)22-17-11-5-10-16(20)21-17/h2-11H,1H3,(H2,21,22,23,24). The van der Waals surface area contributed by atoms with Crippen LogP contribution >= 0.6 is 0 Å². The van der Waals surface area contributed by atoms with Gasteiger partial charge in [-0.05, 0) is 42.8 Å². The lowest BCUT2D eigenvalue weighted by Crippen LogP contribution is -2.28. The lowest BCUT2D eigenvalue weighted by molar-refractivity contribution is 0.479. The van der Waals surface area contributed by atoms with Crippen LogP contribution in [0.25, 0.3) is 0 Å². The van der Waals surface area contributed by atoms with Crippen molar-refractivity contribution in [3.63, 3.8) is 0 Å². The van der Waals surface area contributed by atoms with Crippen molar-refractivity contribution in [2.75, 3.05) is 10.6 Å². The van der Waals surface area contributed by atoms with Gasteiger partial charge in [0, 0.05) is 0 Å². The molecule has 7 nitrogen and oxygen atoms in total. The minimum absolute atomic E-state index is 0.0173. The molecule has 2 N–H and O–H groups in total. The molecule has 4 rings (SSSR count). The highest BCUT2D eigenvalue weighted by Crippen LogP contribution is 2.38. The molecule has 0 bridgehead atoms. The molecule has 2 heterocycles. The Balaban J connectivity index is 1.71. The Morgan fingerprint density at radius 1 is 1.00 bits per heavy atom. The molecule has 0 saturated carbocycles. The number of nitrogens with one attached hydrogen (secondary N) is 2. The molecular weight excluding hydrogens is 383 g/mol. The maximum atomic E-state index is 13.3. The predicted octanol–water partition coefficient (Wildman–Crippen LogP) is 3.90. The summed E-state index contributed by atoms with van der Waals surface area (Å²) < 4.78 is 48.1. The van der Waals surface area contributed by atoms with Crippen LogP contribution in [0.2, 0.25) is 0 Å². The second-order valence-corrected chi connectivity index (χ2v) is 7.58. The van der Waals surface area contributed by atoms with E-state index >= 15 is 0 Å². The van der Waals surface area contributed by atoms with Crippen molar-refractivity contribution in [1.29, 1.82) is 0 Å². The maximum Gasteiger partial charge on any atom is 0.287 e. The molecule has 9 heteroatoms. The van der Waals surface area contributed by atoms with Crippen LogP contribution in [0.4, 0.5) is 15.9 Å². The number of halogens is 1. The zero-order valence-corrected chi connectivity index (χ0v) is 15.5. The largest absolute Gasteiger partial charge is 0.455 e. The Kier molecular flexibility index (Phi) is 4.44. The highest BCUT2D eigenvalue weighted by atomic mass is 32.2. The number of aryl methyl sites for hydroxylation is 1. The fourth-order valence-corrected chi connectivity index (χ4v) is 3.78. The first-order chi connectivity index (χ1) is 13.4. The predicted molar refractivity (Wildman–Crippen MR) is 104 cm³/mol. The molecule has 0 amide bonds. The van der Waals surface area contributed by atoms with Crippen LogP contribution in [0.3, 0.4) is 0 Å². The smallest absolute Gasteiger partial charge is 0.287 e. The average molecular weight is 398 g/mol. The van der Waals surface area contributed by atoms with Gasteiger partial charge in [-0.1, -0.05) is 30.3 Å². The zero-order chi connectivity index (χ0) is 19.7. The molecule has 1 aliphatic heterocycles. The average Bonchev–Trinajstić information content (AvgIpc) is 2.64. The SMILES string of the molecule is Cc1ccccc1Oc1cccc2c1NC(Nc1cccc(F)n1)=NS2(=O)=O. The highest BCUT2D eigenvalue weighted by Gasteiger charge is 2.28. The fraction of sp³-hybridized carbons (Fsp3) is 0.0526. The van der Waals surface area contributed by atoms with Crippen molar-refractivity contribution in [2.24, 2.45) is 4.40 Å². The Labute approximate surface area is 161 Å². The van der Waals surface area contributed by atoms with Gasteiger partial charge in [0.05, 0.1) is 0 Å². The number of nitrogens with zero attached hydrogens (tertiary/aromatic N) is 2. The number of hydrogen-bond donors (Lipinski definition) is 2. The normalized spacial score (nSPS) is 14.4. The quantitative estimate of drug-likeness (QED) is 0.650. The first kappa shape index (κ1) is 17.9. The van der Waals surface area contributed by atoms with E-state index in [1.807, 2.05) is 25.1 Å². The third kappa shape index (κ3) is 3.52. The number of rotatable bonds is 3. The zero-order valence-electron chi connectivity index (χ0n) is 14.7. The number of benzene rings is 2. The van der Waals surface area contributed by atoms with Crippen LogP contribution in [0.5, 0.6) is 11.5 Å². The van der Waals surface area contributed by atoms with Crippen LogP contribution in [0, 0.1) is 12.9 Å². The number of pyridine rings is 1. The monoisotopic (exact) mass is 398 g/mol. The summed E-state index contributed by atoms with van der Waals surface area (Å²) in [7, 11) is -3.98. The van der Waals surface area contributed by atoms with Gasteiger partial charge in [0.25, 0.3) is 10.0 Å². The Morgan fingerprint density at radius 2 is 1.75 bits per heavy atom. The van der Waals surface area contributed by atoms with Gasteiger partial charge in [0.1, 0.15) is 22.2 Å². The minimum Gasteiger partial charge on any atom is -0.455 e. The second-order valence-electron chi connectivity index (χ2n) is 6.01. The number of anilines is 2. The molecule has 0 unspecified atom stereocenters. The summed E-state index contributed by atoms with van der Waals surface area (Å²) in [6.45, 7) is 1.89. The molecule has 0 atom stereocenters. The first-order valence-electron chi connectivity index (χ1n) is 8.30. The van der Waals surface area contributed by atoms with Gasteiger partial charge < -0.3 is 15.4 Å². The molecular formula is C19H15FN4O3S. The number of hydrogen-bond acceptors (Lipinski definition) is 6. The van der Waals surface area contributed by atoms with Crippen molar-refractivity contribution in [3.8, 4) is 11.5 Å². The molecule has 1 aliphatic rings. The van der Waals surface area contributed by atoms with Crippen LogP contribution in [-0.4, -0.2) is 19.4 Å². The van der Waals surface area contributed by atoms with E-state index in [4.69, 9.17) is 4.74 Å². The van der Waals surface area contributed by atoms with Gasteiger partial charge in [-0.2, -0.15) is 12.8 Å². The highest BCUT2D eigenvalue weighted by molar-refractivity contribution is 7.90. The van der Waals surface area contributed by atoms with Gasteiger partial charge in [-0.3, -0.25) is 0 Å². The van der Waals surface area contributed by atoms with Crippen LogP contribution < -0.4 is 15.4 Å². The van der Waals surface area contributed by atoms with E-state index in [-0.39, 0.29) is 22.4 Å². The van der Waals surface area contributed by atoms with Crippen molar-refractivity contribution in [2.45, 2.75) is 11.8 Å². The van der Waals surface area contributed by atoms with Crippen molar-refractivity contribution in [3.05, 3.63) is 72.2 Å². The summed E-state index contributed by atoms with van der Waals surface area (Å²) in [5.41, 5.74) is 1.13. The van der Waals surface area contributed by atoms with Crippen molar-refractivity contribution in [1.82, 2.24) is 4.98 Å². The molecule has 3 aromatic rings. The molecule has 0 saturated heterocycles. The summed E-state index contributed by atoms with van der Waals surface area (Å²) in [4.78, 5) is 3.63. The van der Waals surface area contributed by atoms with E-state index in [0.29, 0.717) is 11.5 Å². The van der Waals surface area contributed by atoms with Gasteiger partial charge >= 0.3 is 0 Å². The molecule has 1 aromatic heterocycles. The molecule has 0 radical (unpaired) electrons. The summed E-state index contributed by atoms with van der Waals surface area (Å²) in [6.07, 6.45) is 0. The van der Waals surface area contributed by atoms with E-state index < -0.39 is 16.0 Å². The van der Waals surface area contributed by atoms with Gasteiger partial charge in [0.15, 0.2) is 5.75 Å². The van der Waals surface area contributed by atoms with Gasteiger partial charge in [0.2, 0.25) is 11.9 Å². The lowest BCUT2D eigenvalue weighted by Gasteiger charge is -2.21. The minimum atomic E-state index is -3.98.